The van der Waals surface area contributed by atoms with Crippen molar-refractivity contribution in [2.75, 3.05) is 64.5 Å². The molecule has 1 saturated carbocycles. The SMILES string of the molecule is CCOc1cccc(Cn2ncc3c(N4CCN(C(=O)[C@H]5CC[C@H](CN(CCOC)C(C)(C)C)CC5)CC4)ncnc32)n1. The van der Waals surface area contributed by atoms with Crippen molar-refractivity contribution in [3.63, 3.8) is 0 Å². The summed E-state index contributed by atoms with van der Waals surface area (Å²) in [5, 5.41) is 5.52. The second-order valence-corrected chi connectivity index (χ2v) is 12.8. The molecule has 1 saturated heterocycles. The molecule has 5 rings (SSSR count). The van der Waals surface area contributed by atoms with Gasteiger partial charge < -0.3 is 19.3 Å². The number of pyridine rings is 1. The molecule has 0 radical (unpaired) electrons. The molecule has 0 spiro atoms. The van der Waals surface area contributed by atoms with Crippen LogP contribution in [0.3, 0.4) is 0 Å². The molecule has 0 atom stereocenters. The van der Waals surface area contributed by atoms with Gasteiger partial charge in [0.2, 0.25) is 11.8 Å². The summed E-state index contributed by atoms with van der Waals surface area (Å²) in [6.07, 6.45) is 7.64. The van der Waals surface area contributed by atoms with E-state index in [2.05, 4.69) is 55.5 Å². The molecule has 3 aromatic heterocycles. The van der Waals surface area contributed by atoms with Crippen LogP contribution in [-0.2, 0) is 16.1 Å². The van der Waals surface area contributed by atoms with E-state index in [1.54, 1.807) is 13.4 Å². The molecule has 4 heterocycles. The number of rotatable bonds is 11. The Kier molecular flexibility index (Phi) is 10.1. The summed E-state index contributed by atoms with van der Waals surface area (Å²) < 4.78 is 12.8. The van der Waals surface area contributed by atoms with Gasteiger partial charge in [0.1, 0.15) is 12.1 Å². The molecule has 43 heavy (non-hydrogen) atoms. The number of nitrogens with zero attached hydrogens (tertiary/aromatic N) is 8. The van der Waals surface area contributed by atoms with Gasteiger partial charge >= 0.3 is 0 Å². The number of carbonyl (C=O) groups excluding carboxylic acids is 1. The highest BCUT2D eigenvalue weighted by molar-refractivity contribution is 5.87. The first-order valence-corrected chi connectivity index (χ1v) is 15.8. The number of hydrogen-bond donors (Lipinski definition) is 0. The van der Waals surface area contributed by atoms with Crippen LogP contribution in [0.2, 0.25) is 0 Å². The maximum Gasteiger partial charge on any atom is 0.225 e. The van der Waals surface area contributed by atoms with Gasteiger partial charge in [0, 0.05) is 63.9 Å². The smallest absolute Gasteiger partial charge is 0.225 e. The zero-order valence-electron chi connectivity index (χ0n) is 26.5. The second-order valence-electron chi connectivity index (χ2n) is 12.8. The summed E-state index contributed by atoms with van der Waals surface area (Å²) in [6.45, 7) is 15.5. The lowest BCUT2D eigenvalue weighted by Gasteiger charge is -2.41. The van der Waals surface area contributed by atoms with E-state index in [1.165, 1.54) is 0 Å². The van der Waals surface area contributed by atoms with Crippen molar-refractivity contribution in [3.05, 3.63) is 36.4 Å². The van der Waals surface area contributed by atoms with Crippen molar-refractivity contribution >= 4 is 22.8 Å². The van der Waals surface area contributed by atoms with Crippen LogP contribution in [0.25, 0.3) is 11.0 Å². The molecule has 1 aliphatic heterocycles. The average Bonchev–Trinajstić information content (AvgIpc) is 3.42. The number of methoxy groups -OCH3 is 1. The summed E-state index contributed by atoms with van der Waals surface area (Å²) in [7, 11) is 1.77. The molecule has 1 aliphatic carbocycles. The van der Waals surface area contributed by atoms with E-state index >= 15 is 0 Å². The Morgan fingerprint density at radius 3 is 2.53 bits per heavy atom. The third kappa shape index (κ3) is 7.62. The van der Waals surface area contributed by atoms with Crippen molar-refractivity contribution in [1.29, 1.82) is 0 Å². The first kappa shape index (κ1) is 31.1. The predicted molar refractivity (Wildman–Crippen MR) is 167 cm³/mol. The highest BCUT2D eigenvalue weighted by atomic mass is 16.5. The molecule has 2 fully saturated rings. The van der Waals surface area contributed by atoms with Crippen molar-refractivity contribution in [1.82, 2.24) is 34.5 Å². The Bertz CT molecular complexity index is 1340. The third-order valence-electron chi connectivity index (χ3n) is 8.88. The maximum absolute atomic E-state index is 13.5. The molecule has 1 amide bonds. The van der Waals surface area contributed by atoms with E-state index in [-0.39, 0.29) is 11.5 Å². The third-order valence-corrected chi connectivity index (χ3v) is 8.88. The van der Waals surface area contributed by atoms with Gasteiger partial charge in [-0.2, -0.15) is 5.10 Å². The molecule has 0 bridgehead atoms. The first-order valence-electron chi connectivity index (χ1n) is 15.8. The lowest BCUT2D eigenvalue weighted by molar-refractivity contribution is -0.137. The van der Waals surface area contributed by atoms with E-state index in [0.29, 0.717) is 43.9 Å². The normalized spacial score (nSPS) is 19.8. The average molecular weight is 593 g/mol. The Morgan fingerprint density at radius 2 is 1.84 bits per heavy atom. The number of amides is 1. The lowest BCUT2D eigenvalue weighted by Crippen LogP contribution is -2.51. The maximum atomic E-state index is 13.5. The second kappa shape index (κ2) is 14.0. The van der Waals surface area contributed by atoms with E-state index in [0.717, 1.165) is 81.0 Å². The Morgan fingerprint density at radius 1 is 1.07 bits per heavy atom. The minimum absolute atomic E-state index is 0.117. The monoisotopic (exact) mass is 592 g/mol. The Hall–Kier alpha value is -3.31. The number of hydrogen-bond acceptors (Lipinski definition) is 9. The summed E-state index contributed by atoms with van der Waals surface area (Å²) >= 11 is 0. The molecule has 0 unspecified atom stereocenters. The van der Waals surface area contributed by atoms with Crippen LogP contribution in [-0.4, -0.2) is 106 Å². The molecule has 3 aromatic rings. The topological polar surface area (TPSA) is 102 Å². The fourth-order valence-electron chi connectivity index (χ4n) is 6.38. The predicted octanol–water partition coefficient (Wildman–Crippen LogP) is 3.87. The zero-order chi connectivity index (χ0) is 30.4. The zero-order valence-corrected chi connectivity index (χ0v) is 26.5. The number of piperazine rings is 1. The molecule has 234 valence electrons. The molecular weight excluding hydrogens is 544 g/mol. The van der Waals surface area contributed by atoms with Crippen molar-refractivity contribution in [2.24, 2.45) is 11.8 Å². The quantitative estimate of drug-likeness (QED) is 0.328. The van der Waals surface area contributed by atoms with Crippen LogP contribution in [0.4, 0.5) is 5.82 Å². The fourth-order valence-corrected chi connectivity index (χ4v) is 6.38. The summed E-state index contributed by atoms with van der Waals surface area (Å²) in [5.74, 6) is 2.59. The van der Waals surface area contributed by atoms with Crippen LogP contribution in [0.15, 0.2) is 30.7 Å². The highest BCUT2D eigenvalue weighted by Crippen LogP contribution is 2.32. The standard InChI is InChI=1S/C32H48N8O3/c1-6-43-28-9-7-8-26(36-28)22-40-30-27(20-35-40)29(33-23-34-30)37-14-16-38(17-15-37)31(41)25-12-10-24(11-13-25)21-39(18-19-42-5)32(2,3)4/h7-9,20,23-25H,6,10-19,21-22H2,1-5H3/t24-,25-. The Balaban J connectivity index is 1.15. The number of fused-ring (bicyclic) bond motifs is 1. The fraction of sp³-hybridized carbons (Fsp3) is 0.656. The minimum Gasteiger partial charge on any atom is -0.478 e. The number of carbonyl (C=O) groups is 1. The highest BCUT2D eigenvalue weighted by Gasteiger charge is 2.33. The van der Waals surface area contributed by atoms with Gasteiger partial charge in [0.05, 0.1) is 37.0 Å². The van der Waals surface area contributed by atoms with Gasteiger partial charge in [-0.15, -0.1) is 0 Å². The Labute approximate surface area is 255 Å². The summed E-state index contributed by atoms with van der Waals surface area (Å²) in [6, 6.07) is 5.76. The van der Waals surface area contributed by atoms with Gasteiger partial charge in [0.25, 0.3) is 0 Å². The largest absolute Gasteiger partial charge is 0.478 e. The van der Waals surface area contributed by atoms with Crippen molar-refractivity contribution < 1.29 is 14.3 Å². The van der Waals surface area contributed by atoms with Gasteiger partial charge in [0.15, 0.2) is 5.65 Å². The number of anilines is 1. The molecule has 2 aliphatic rings. The van der Waals surface area contributed by atoms with E-state index in [4.69, 9.17) is 9.47 Å². The number of ether oxygens (including phenoxy) is 2. The molecule has 11 nitrogen and oxygen atoms in total. The van der Waals surface area contributed by atoms with Crippen molar-refractivity contribution in [2.45, 2.75) is 65.5 Å². The van der Waals surface area contributed by atoms with Gasteiger partial charge in [-0.25, -0.2) is 19.6 Å². The van der Waals surface area contributed by atoms with Crippen LogP contribution >= 0.6 is 0 Å². The molecular formula is C32H48N8O3. The summed E-state index contributed by atoms with van der Waals surface area (Å²) in [5.41, 5.74) is 1.75. The van der Waals surface area contributed by atoms with Crippen LogP contribution in [0, 0.1) is 11.8 Å². The minimum atomic E-state index is 0.117. The summed E-state index contributed by atoms with van der Waals surface area (Å²) in [4.78, 5) is 34.1. The van der Waals surface area contributed by atoms with Gasteiger partial charge in [-0.1, -0.05) is 6.07 Å². The van der Waals surface area contributed by atoms with Crippen LogP contribution in [0.5, 0.6) is 5.88 Å². The molecule has 0 N–H and O–H groups in total. The van der Waals surface area contributed by atoms with Gasteiger partial charge in [-0.05, 0) is 65.4 Å². The van der Waals surface area contributed by atoms with Crippen LogP contribution < -0.4 is 9.64 Å². The number of aromatic nitrogens is 5. The van der Waals surface area contributed by atoms with Crippen LogP contribution in [0.1, 0.15) is 59.1 Å². The van der Waals surface area contributed by atoms with Gasteiger partial charge in [-0.3, -0.25) is 9.69 Å². The first-order chi connectivity index (χ1) is 20.8. The van der Waals surface area contributed by atoms with E-state index in [1.807, 2.05) is 36.0 Å². The van der Waals surface area contributed by atoms with E-state index in [9.17, 15) is 4.79 Å². The lowest BCUT2D eigenvalue weighted by atomic mass is 9.80. The molecule has 0 aromatic carbocycles. The van der Waals surface area contributed by atoms with Crippen molar-refractivity contribution in [3.8, 4) is 5.88 Å². The van der Waals surface area contributed by atoms with E-state index < -0.39 is 0 Å². The molecule has 11 heteroatoms.